The van der Waals surface area contributed by atoms with E-state index in [0.29, 0.717) is 30.3 Å². The molecule has 40 heavy (non-hydrogen) atoms. The molecule has 1 unspecified atom stereocenters. The third-order valence-corrected chi connectivity index (χ3v) is 7.27. The number of carbonyl (C=O) groups excluding carboxylic acids is 2. The van der Waals surface area contributed by atoms with Crippen LogP contribution in [0.2, 0.25) is 0 Å². The monoisotopic (exact) mass is 552 g/mol. The second-order valence-electron chi connectivity index (χ2n) is 10.3. The molecule has 210 valence electrons. The Labute approximate surface area is 231 Å². The van der Waals surface area contributed by atoms with E-state index < -0.39 is 17.9 Å². The van der Waals surface area contributed by atoms with Gasteiger partial charge in [0.05, 0.1) is 12.1 Å². The summed E-state index contributed by atoms with van der Waals surface area (Å²) in [6.45, 7) is 4.86. The molecule has 1 atom stereocenters. The van der Waals surface area contributed by atoms with E-state index in [9.17, 15) is 22.8 Å². The zero-order chi connectivity index (χ0) is 28.4. The molecule has 10 heteroatoms. The lowest BCUT2D eigenvalue weighted by Crippen LogP contribution is -2.49. The number of benzene rings is 3. The minimum Gasteiger partial charge on any atom is -0.457 e. The number of anilines is 1. The average molecular weight is 553 g/mol. The van der Waals surface area contributed by atoms with Gasteiger partial charge in [-0.05, 0) is 68.1 Å². The number of hydrogen-bond acceptors (Lipinski definition) is 5. The first-order chi connectivity index (χ1) is 19.1. The van der Waals surface area contributed by atoms with Gasteiger partial charge in [-0.15, -0.1) is 0 Å². The predicted molar refractivity (Wildman–Crippen MR) is 145 cm³/mol. The van der Waals surface area contributed by atoms with Crippen LogP contribution in [-0.4, -0.2) is 72.8 Å². The Morgan fingerprint density at radius 1 is 0.925 bits per heavy atom. The first kappa shape index (κ1) is 27.7. The highest BCUT2D eigenvalue weighted by molar-refractivity contribution is 6.01. The fourth-order valence-corrected chi connectivity index (χ4v) is 5.00. The van der Waals surface area contributed by atoms with Gasteiger partial charge in [-0.3, -0.25) is 19.4 Å². The third-order valence-electron chi connectivity index (χ3n) is 7.27. The highest BCUT2D eigenvalue weighted by atomic mass is 19.4. The minimum absolute atomic E-state index is 0.0910. The first-order valence-electron chi connectivity index (χ1n) is 13.1. The van der Waals surface area contributed by atoms with Crippen molar-refractivity contribution in [3.63, 3.8) is 0 Å². The van der Waals surface area contributed by atoms with Crippen LogP contribution >= 0.6 is 0 Å². The number of amides is 2. The SMILES string of the molecule is Cc1ccc(Oc2ccc(N3C(=O)CN(C(=O)CN4CCN(C)CC4)C3c3cccc(C(F)(F)F)c3)cc2)cc1. The maximum Gasteiger partial charge on any atom is 0.416 e. The van der Waals surface area contributed by atoms with Crippen LogP contribution in [0.25, 0.3) is 0 Å². The van der Waals surface area contributed by atoms with Crippen LogP contribution in [0.4, 0.5) is 18.9 Å². The molecule has 2 saturated heterocycles. The lowest BCUT2D eigenvalue weighted by Gasteiger charge is -2.35. The van der Waals surface area contributed by atoms with Crippen molar-refractivity contribution in [2.24, 2.45) is 0 Å². The van der Waals surface area contributed by atoms with Gasteiger partial charge >= 0.3 is 6.18 Å². The molecule has 5 rings (SSSR count). The molecular weight excluding hydrogens is 521 g/mol. The minimum atomic E-state index is -4.56. The van der Waals surface area contributed by atoms with Crippen LogP contribution in [0.3, 0.4) is 0 Å². The molecule has 2 aliphatic heterocycles. The molecule has 0 aromatic heterocycles. The molecule has 0 aliphatic carbocycles. The lowest BCUT2D eigenvalue weighted by molar-refractivity contribution is -0.137. The van der Waals surface area contributed by atoms with Crippen LogP contribution in [-0.2, 0) is 15.8 Å². The Morgan fingerprint density at radius 2 is 1.55 bits per heavy atom. The normalized spacial score (nSPS) is 18.8. The number of rotatable bonds is 6. The fraction of sp³-hybridized carbons (Fsp3) is 0.333. The standard InChI is InChI=1S/C30H31F3N4O3/c1-21-6-10-25(11-7-21)40-26-12-8-24(9-13-26)37-28(39)20-36(27(38)19-35-16-14-34(2)15-17-35)29(37)22-4-3-5-23(18-22)30(31,32)33/h3-13,18,29H,14-17,19-20H2,1-2H3. The Hall–Kier alpha value is -3.89. The van der Waals surface area contributed by atoms with Crippen molar-refractivity contribution >= 4 is 17.5 Å². The van der Waals surface area contributed by atoms with Gasteiger partial charge in [0, 0.05) is 31.9 Å². The molecule has 0 radical (unpaired) electrons. The molecule has 7 nitrogen and oxygen atoms in total. The molecule has 0 N–H and O–H groups in total. The second-order valence-corrected chi connectivity index (χ2v) is 10.3. The summed E-state index contributed by atoms with van der Waals surface area (Å²) in [5.74, 6) is 0.513. The third kappa shape index (κ3) is 6.13. The smallest absolute Gasteiger partial charge is 0.416 e. The van der Waals surface area contributed by atoms with E-state index in [-0.39, 0.29) is 30.5 Å². The van der Waals surface area contributed by atoms with E-state index in [4.69, 9.17) is 4.74 Å². The quantitative estimate of drug-likeness (QED) is 0.434. The van der Waals surface area contributed by atoms with E-state index >= 15 is 0 Å². The van der Waals surface area contributed by atoms with Crippen LogP contribution < -0.4 is 9.64 Å². The lowest BCUT2D eigenvalue weighted by atomic mass is 10.1. The molecule has 2 aliphatic rings. The van der Waals surface area contributed by atoms with Gasteiger partial charge < -0.3 is 14.5 Å². The topological polar surface area (TPSA) is 56.3 Å². The van der Waals surface area contributed by atoms with Gasteiger partial charge in [-0.25, -0.2) is 0 Å². The maximum atomic E-state index is 13.6. The molecular formula is C30H31F3N4O3. The first-order valence-corrected chi connectivity index (χ1v) is 13.1. The van der Waals surface area contributed by atoms with Crippen molar-refractivity contribution in [3.8, 4) is 11.5 Å². The Kier molecular flexibility index (Phi) is 7.82. The molecule has 2 amide bonds. The maximum absolute atomic E-state index is 13.6. The van der Waals surface area contributed by atoms with Crippen molar-refractivity contribution in [2.75, 3.05) is 51.2 Å². The molecule has 0 spiro atoms. The van der Waals surface area contributed by atoms with Crippen molar-refractivity contribution < 1.29 is 27.5 Å². The van der Waals surface area contributed by atoms with Gasteiger partial charge in [0.25, 0.3) is 0 Å². The van der Waals surface area contributed by atoms with Crippen molar-refractivity contribution in [1.29, 1.82) is 0 Å². The van der Waals surface area contributed by atoms with Crippen molar-refractivity contribution in [3.05, 3.63) is 89.5 Å². The number of ether oxygens (including phenoxy) is 1. The number of alkyl halides is 3. The van der Waals surface area contributed by atoms with Crippen LogP contribution in [0.15, 0.2) is 72.8 Å². The van der Waals surface area contributed by atoms with Gasteiger partial charge in [0.15, 0.2) is 0 Å². The number of aryl methyl sites for hydroxylation is 1. The number of hydrogen-bond donors (Lipinski definition) is 0. The predicted octanol–water partition coefficient (Wildman–Crippen LogP) is 4.93. The van der Waals surface area contributed by atoms with E-state index in [1.807, 2.05) is 43.1 Å². The Balaban J connectivity index is 1.44. The second kappa shape index (κ2) is 11.3. The highest BCUT2D eigenvalue weighted by Gasteiger charge is 2.43. The summed E-state index contributed by atoms with van der Waals surface area (Å²) in [6, 6.07) is 19.1. The fourth-order valence-electron chi connectivity index (χ4n) is 5.00. The summed E-state index contributed by atoms with van der Waals surface area (Å²) < 4.78 is 46.7. The van der Waals surface area contributed by atoms with E-state index in [1.165, 1.54) is 21.9 Å². The molecule has 2 heterocycles. The molecule has 0 bridgehead atoms. The van der Waals surface area contributed by atoms with Crippen LogP contribution in [0.5, 0.6) is 11.5 Å². The van der Waals surface area contributed by atoms with E-state index in [1.54, 1.807) is 24.3 Å². The highest BCUT2D eigenvalue weighted by Crippen LogP contribution is 2.39. The molecule has 2 fully saturated rings. The Bertz CT molecular complexity index is 1350. The van der Waals surface area contributed by atoms with Gasteiger partial charge in [0.1, 0.15) is 24.2 Å². The summed E-state index contributed by atoms with van der Waals surface area (Å²) in [7, 11) is 2.01. The summed E-state index contributed by atoms with van der Waals surface area (Å²) in [5, 5.41) is 0. The molecule has 3 aromatic rings. The van der Waals surface area contributed by atoms with Crippen molar-refractivity contribution in [2.45, 2.75) is 19.3 Å². The summed E-state index contributed by atoms with van der Waals surface area (Å²) in [4.78, 5) is 33.8. The van der Waals surface area contributed by atoms with Gasteiger partial charge in [-0.1, -0.05) is 29.8 Å². The summed E-state index contributed by atoms with van der Waals surface area (Å²) in [5.41, 5.74) is 0.936. The zero-order valence-electron chi connectivity index (χ0n) is 22.4. The summed E-state index contributed by atoms with van der Waals surface area (Å²) in [6.07, 6.45) is -5.58. The Morgan fingerprint density at radius 3 is 2.17 bits per heavy atom. The van der Waals surface area contributed by atoms with Crippen LogP contribution in [0, 0.1) is 6.92 Å². The number of nitrogens with zero attached hydrogens (tertiary/aromatic N) is 4. The largest absolute Gasteiger partial charge is 0.457 e. The van der Waals surface area contributed by atoms with Crippen LogP contribution in [0.1, 0.15) is 22.9 Å². The molecule has 0 saturated carbocycles. The number of carbonyl (C=O) groups is 2. The van der Waals surface area contributed by atoms with E-state index in [0.717, 1.165) is 30.8 Å². The number of piperazine rings is 1. The van der Waals surface area contributed by atoms with E-state index in [2.05, 4.69) is 4.90 Å². The van der Waals surface area contributed by atoms with Crippen molar-refractivity contribution in [1.82, 2.24) is 14.7 Å². The molecule has 3 aromatic carbocycles. The van der Waals surface area contributed by atoms with Gasteiger partial charge in [-0.2, -0.15) is 13.2 Å². The average Bonchev–Trinajstić information content (AvgIpc) is 3.28. The summed E-state index contributed by atoms with van der Waals surface area (Å²) >= 11 is 0. The zero-order valence-corrected chi connectivity index (χ0v) is 22.4. The van der Waals surface area contributed by atoms with Gasteiger partial charge in [0.2, 0.25) is 11.8 Å². The number of halogens is 3. The number of likely N-dealkylation sites (N-methyl/N-ethyl adjacent to an activating group) is 1.